The van der Waals surface area contributed by atoms with Crippen molar-refractivity contribution in [2.24, 2.45) is 0 Å². The largest absolute Gasteiger partial charge is 0.419 e. The lowest BCUT2D eigenvalue weighted by atomic mass is 10.1. The molecule has 1 aromatic heterocycles. The van der Waals surface area contributed by atoms with Crippen molar-refractivity contribution in [3.05, 3.63) is 23.9 Å². The minimum absolute atomic E-state index is 0.0622. The molecule has 1 aliphatic rings. The molecule has 0 aliphatic carbocycles. The Hall–Kier alpha value is -1.30. The Morgan fingerprint density at radius 3 is 2.86 bits per heavy atom. The van der Waals surface area contributed by atoms with Crippen molar-refractivity contribution in [1.29, 1.82) is 0 Å². The van der Waals surface area contributed by atoms with Gasteiger partial charge in [0.25, 0.3) is 0 Å². The van der Waals surface area contributed by atoms with Gasteiger partial charge in [0, 0.05) is 25.3 Å². The summed E-state index contributed by atoms with van der Waals surface area (Å²) < 4.78 is 39.5. The maximum absolute atomic E-state index is 13.2. The molecule has 1 aromatic rings. The molecule has 3 nitrogen and oxygen atoms in total. The van der Waals surface area contributed by atoms with E-state index in [9.17, 15) is 13.2 Å². The van der Waals surface area contributed by atoms with Gasteiger partial charge >= 0.3 is 6.18 Å². The fourth-order valence-electron chi connectivity index (χ4n) is 2.68. The molecule has 6 heteroatoms. The van der Waals surface area contributed by atoms with Crippen LogP contribution in [0.3, 0.4) is 0 Å². The van der Waals surface area contributed by atoms with E-state index in [4.69, 9.17) is 0 Å². The molecule has 1 unspecified atom stereocenters. The molecule has 1 saturated heterocycles. The minimum Gasteiger partial charge on any atom is -0.355 e. The van der Waals surface area contributed by atoms with Crippen LogP contribution in [0, 0.1) is 0 Å². The second kappa shape index (κ2) is 7.11. The number of halogens is 3. The highest BCUT2D eigenvalue weighted by atomic mass is 19.4. The molecule has 1 atom stereocenters. The predicted octanol–water partition coefficient (Wildman–Crippen LogP) is 3.46. The summed E-state index contributed by atoms with van der Waals surface area (Å²) in [5.41, 5.74) is -0.640. The molecule has 0 bridgehead atoms. The van der Waals surface area contributed by atoms with E-state index in [2.05, 4.69) is 10.3 Å². The van der Waals surface area contributed by atoms with E-state index in [0.29, 0.717) is 13.1 Å². The number of nitrogens with zero attached hydrogens (tertiary/aromatic N) is 2. The van der Waals surface area contributed by atoms with Crippen LogP contribution in [0.4, 0.5) is 19.0 Å². The van der Waals surface area contributed by atoms with Gasteiger partial charge in [0.1, 0.15) is 5.82 Å². The number of alkyl halides is 3. The highest BCUT2D eigenvalue weighted by molar-refractivity contribution is 5.48. The third-order valence-electron chi connectivity index (χ3n) is 3.78. The molecule has 0 aromatic carbocycles. The Labute approximate surface area is 123 Å². The lowest BCUT2D eigenvalue weighted by Gasteiger charge is -2.29. The first-order valence-corrected chi connectivity index (χ1v) is 7.53. The minimum atomic E-state index is -4.36. The van der Waals surface area contributed by atoms with Crippen molar-refractivity contribution in [2.45, 2.75) is 44.8 Å². The van der Waals surface area contributed by atoms with Gasteiger partial charge in [-0.2, -0.15) is 13.2 Å². The summed E-state index contributed by atoms with van der Waals surface area (Å²) in [4.78, 5) is 5.81. The summed E-state index contributed by atoms with van der Waals surface area (Å²) in [6, 6.07) is 2.71. The van der Waals surface area contributed by atoms with E-state index >= 15 is 0 Å². The fourth-order valence-corrected chi connectivity index (χ4v) is 2.68. The average Bonchev–Trinajstić information content (AvgIpc) is 2.95. The second-order valence-corrected chi connectivity index (χ2v) is 5.47. The molecule has 21 heavy (non-hydrogen) atoms. The van der Waals surface area contributed by atoms with Gasteiger partial charge in [-0.15, -0.1) is 0 Å². The van der Waals surface area contributed by atoms with Gasteiger partial charge in [-0.3, -0.25) is 0 Å². The number of anilines is 1. The van der Waals surface area contributed by atoms with E-state index in [1.54, 1.807) is 4.90 Å². The summed E-state index contributed by atoms with van der Waals surface area (Å²) >= 11 is 0. The van der Waals surface area contributed by atoms with Crippen LogP contribution in [0.1, 0.15) is 38.2 Å². The number of nitrogens with one attached hydrogen (secondary N) is 1. The fraction of sp³-hybridized carbons (Fsp3) is 0.667. The zero-order valence-corrected chi connectivity index (χ0v) is 12.3. The first-order valence-electron chi connectivity index (χ1n) is 7.53. The summed E-state index contributed by atoms with van der Waals surface area (Å²) in [6.07, 6.45) is 0.976. The van der Waals surface area contributed by atoms with Gasteiger partial charge < -0.3 is 10.2 Å². The van der Waals surface area contributed by atoms with Gasteiger partial charge in [0.15, 0.2) is 0 Å². The highest BCUT2D eigenvalue weighted by Gasteiger charge is 2.36. The van der Waals surface area contributed by atoms with Crippen molar-refractivity contribution in [1.82, 2.24) is 10.3 Å². The van der Waals surface area contributed by atoms with Gasteiger partial charge in [0.05, 0.1) is 5.56 Å². The Morgan fingerprint density at radius 1 is 1.43 bits per heavy atom. The van der Waals surface area contributed by atoms with Crippen molar-refractivity contribution in [3.63, 3.8) is 0 Å². The quantitative estimate of drug-likeness (QED) is 0.872. The van der Waals surface area contributed by atoms with Crippen LogP contribution in [-0.2, 0) is 6.18 Å². The molecule has 0 saturated carbocycles. The number of rotatable bonds is 6. The first-order chi connectivity index (χ1) is 10.0. The Bertz CT molecular complexity index is 442. The van der Waals surface area contributed by atoms with Crippen LogP contribution in [0.15, 0.2) is 18.3 Å². The molecule has 118 valence electrons. The predicted molar refractivity (Wildman–Crippen MR) is 77.4 cm³/mol. The molecule has 0 radical (unpaired) electrons. The normalized spacial score (nSPS) is 19.0. The molecule has 2 rings (SSSR count). The maximum atomic E-state index is 13.2. The van der Waals surface area contributed by atoms with Gasteiger partial charge in [0.2, 0.25) is 0 Å². The summed E-state index contributed by atoms with van der Waals surface area (Å²) in [6.45, 7) is 4.17. The van der Waals surface area contributed by atoms with Crippen LogP contribution in [0.25, 0.3) is 0 Å². The Kier molecular flexibility index (Phi) is 5.45. The monoisotopic (exact) mass is 301 g/mol. The van der Waals surface area contributed by atoms with Crippen LogP contribution in [0.5, 0.6) is 0 Å². The van der Waals surface area contributed by atoms with E-state index in [0.717, 1.165) is 38.3 Å². The number of hydrogen-bond donors (Lipinski definition) is 1. The second-order valence-electron chi connectivity index (χ2n) is 5.47. The summed E-state index contributed by atoms with van der Waals surface area (Å²) in [5.74, 6) is 0.0622. The lowest BCUT2D eigenvalue weighted by molar-refractivity contribution is -0.137. The number of aromatic nitrogens is 1. The molecule has 0 spiro atoms. The van der Waals surface area contributed by atoms with E-state index in [1.165, 1.54) is 12.3 Å². The first kappa shape index (κ1) is 16.1. The zero-order valence-electron chi connectivity index (χ0n) is 12.3. The number of pyridine rings is 1. The van der Waals surface area contributed by atoms with Crippen LogP contribution < -0.4 is 10.2 Å². The Morgan fingerprint density at radius 2 is 2.24 bits per heavy atom. The third kappa shape index (κ3) is 4.33. The molecule has 0 amide bonds. The molecule has 1 aliphatic heterocycles. The standard InChI is InChI=1S/C15H22F3N3/c1-2-3-10-21(11-12-6-4-8-19-12)14-13(15(16,17)18)7-5-9-20-14/h5,7,9,12,19H,2-4,6,8,10-11H2,1H3. The van der Waals surface area contributed by atoms with Gasteiger partial charge in [-0.25, -0.2) is 4.98 Å². The van der Waals surface area contributed by atoms with Crippen LogP contribution in [-0.4, -0.2) is 30.7 Å². The van der Waals surface area contributed by atoms with E-state index in [-0.39, 0.29) is 11.9 Å². The number of hydrogen-bond acceptors (Lipinski definition) is 3. The van der Waals surface area contributed by atoms with Crippen LogP contribution in [0.2, 0.25) is 0 Å². The maximum Gasteiger partial charge on any atom is 0.419 e. The van der Waals surface area contributed by atoms with Gasteiger partial charge in [-0.05, 0) is 37.9 Å². The molecular formula is C15H22F3N3. The average molecular weight is 301 g/mol. The molecular weight excluding hydrogens is 279 g/mol. The van der Waals surface area contributed by atoms with Crippen molar-refractivity contribution in [3.8, 4) is 0 Å². The van der Waals surface area contributed by atoms with Crippen molar-refractivity contribution >= 4 is 5.82 Å². The molecule has 1 fully saturated rings. The van der Waals surface area contributed by atoms with E-state index in [1.807, 2.05) is 6.92 Å². The molecule has 2 heterocycles. The Balaban J connectivity index is 2.22. The number of unbranched alkanes of at least 4 members (excludes halogenated alkanes) is 1. The zero-order chi connectivity index (χ0) is 15.3. The van der Waals surface area contributed by atoms with Crippen molar-refractivity contribution < 1.29 is 13.2 Å². The highest BCUT2D eigenvalue weighted by Crippen LogP contribution is 2.35. The van der Waals surface area contributed by atoms with Crippen LogP contribution >= 0.6 is 0 Å². The summed E-state index contributed by atoms with van der Waals surface area (Å²) in [7, 11) is 0. The third-order valence-corrected chi connectivity index (χ3v) is 3.78. The van der Waals surface area contributed by atoms with Crippen molar-refractivity contribution in [2.75, 3.05) is 24.5 Å². The summed E-state index contributed by atoms with van der Waals surface area (Å²) in [5, 5.41) is 3.34. The molecule has 1 N–H and O–H groups in total. The van der Waals surface area contributed by atoms with Gasteiger partial charge in [-0.1, -0.05) is 13.3 Å². The topological polar surface area (TPSA) is 28.2 Å². The SMILES string of the molecule is CCCCN(CC1CCCN1)c1ncccc1C(F)(F)F. The smallest absolute Gasteiger partial charge is 0.355 e. The van der Waals surface area contributed by atoms with E-state index < -0.39 is 11.7 Å². The lowest BCUT2D eigenvalue weighted by Crippen LogP contribution is -2.39.